The smallest absolute Gasteiger partial charge is 0.172 e. The predicted octanol–water partition coefficient (Wildman–Crippen LogP) is 4.73. The number of benzene rings is 1. The number of fused-ring (bicyclic) bond motifs is 1. The van der Waals surface area contributed by atoms with Crippen molar-refractivity contribution in [2.45, 2.75) is 37.8 Å². The van der Waals surface area contributed by atoms with Crippen LogP contribution in [0.4, 0.5) is 5.82 Å². The molecular formula is C20H21N3OS. The minimum Gasteiger partial charge on any atom is -0.378 e. The lowest BCUT2D eigenvalue weighted by Crippen LogP contribution is -2.35. The molecule has 1 saturated heterocycles. The summed E-state index contributed by atoms with van der Waals surface area (Å²) in [5.74, 6) is 2.55. The Morgan fingerprint density at radius 3 is 2.80 bits per heavy atom. The molecule has 2 fully saturated rings. The topological polar surface area (TPSA) is 47.0 Å². The summed E-state index contributed by atoms with van der Waals surface area (Å²) in [6.45, 7) is 0.847. The van der Waals surface area contributed by atoms with E-state index in [9.17, 15) is 0 Å². The first-order valence-corrected chi connectivity index (χ1v) is 9.93. The first-order valence-electron chi connectivity index (χ1n) is 9.05. The molecule has 1 aromatic carbocycles. The number of para-hydroxylation sites is 1. The summed E-state index contributed by atoms with van der Waals surface area (Å²) in [5.41, 5.74) is 0.995. The minimum atomic E-state index is 0.425. The van der Waals surface area contributed by atoms with E-state index in [-0.39, 0.29) is 0 Å². The third-order valence-corrected chi connectivity index (χ3v) is 6.01. The Bertz CT molecular complexity index is 876. The maximum Gasteiger partial charge on any atom is 0.172 e. The summed E-state index contributed by atoms with van der Waals surface area (Å²) >= 11 is 1.68. The molecule has 0 amide bonds. The molecule has 0 radical (unpaired) electrons. The Hall–Kier alpha value is -1.98. The average Bonchev–Trinajstić information content (AvgIpc) is 3.36. The Labute approximate surface area is 151 Å². The first-order chi connectivity index (χ1) is 12.4. The molecule has 128 valence electrons. The van der Waals surface area contributed by atoms with Gasteiger partial charge < -0.3 is 10.1 Å². The second-order valence-electron chi connectivity index (χ2n) is 7.00. The molecule has 1 aliphatic heterocycles. The lowest BCUT2D eigenvalue weighted by Gasteiger charge is -2.30. The Kier molecular flexibility index (Phi) is 3.91. The highest BCUT2D eigenvalue weighted by Crippen LogP contribution is 2.39. The number of aromatic nitrogens is 2. The summed E-state index contributed by atoms with van der Waals surface area (Å²) < 4.78 is 5.97. The molecule has 3 heterocycles. The van der Waals surface area contributed by atoms with Gasteiger partial charge >= 0.3 is 0 Å². The van der Waals surface area contributed by atoms with Crippen LogP contribution in [0.2, 0.25) is 0 Å². The molecule has 5 rings (SSSR count). The largest absolute Gasteiger partial charge is 0.378 e. The normalized spacial score (nSPS) is 23.7. The molecule has 0 spiro atoms. The van der Waals surface area contributed by atoms with Crippen LogP contribution in [0.15, 0.2) is 41.8 Å². The van der Waals surface area contributed by atoms with Gasteiger partial charge in [-0.15, -0.1) is 11.3 Å². The molecule has 1 N–H and O–H groups in total. The van der Waals surface area contributed by atoms with Crippen molar-refractivity contribution >= 4 is 28.1 Å². The molecular weight excluding hydrogens is 330 g/mol. The van der Waals surface area contributed by atoms with E-state index in [4.69, 9.17) is 14.7 Å². The number of nitrogens with one attached hydrogen (secondary N) is 1. The molecule has 2 unspecified atom stereocenters. The van der Waals surface area contributed by atoms with E-state index in [2.05, 4.69) is 35.0 Å². The van der Waals surface area contributed by atoms with E-state index in [1.807, 2.05) is 12.1 Å². The van der Waals surface area contributed by atoms with E-state index in [1.165, 1.54) is 12.8 Å². The molecule has 4 nitrogen and oxygen atoms in total. The van der Waals surface area contributed by atoms with Crippen LogP contribution in [0.3, 0.4) is 0 Å². The fourth-order valence-electron chi connectivity index (χ4n) is 3.65. The van der Waals surface area contributed by atoms with Gasteiger partial charge in [-0.2, -0.15) is 0 Å². The monoisotopic (exact) mass is 351 g/mol. The summed E-state index contributed by atoms with van der Waals surface area (Å²) in [6, 6.07) is 12.8. The van der Waals surface area contributed by atoms with E-state index < -0.39 is 0 Å². The van der Waals surface area contributed by atoms with Crippen molar-refractivity contribution in [2.75, 3.05) is 11.9 Å². The lowest BCUT2D eigenvalue weighted by molar-refractivity contribution is -0.00221. The maximum atomic E-state index is 5.97. The van der Waals surface area contributed by atoms with Crippen molar-refractivity contribution in [1.82, 2.24) is 9.97 Å². The summed E-state index contributed by atoms with van der Waals surface area (Å²) in [7, 11) is 0. The Morgan fingerprint density at radius 1 is 1.04 bits per heavy atom. The van der Waals surface area contributed by atoms with E-state index in [1.54, 1.807) is 11.3 Å². The number of ether oxygens (including phenoxy) is 1. The van der Waals surface area contributed by atoms with Gasteiger partial charge in [-0.1, -0.05) is 18.2 Å². The zero-order valence-electron chi connectivity index (χ0n) is 14.0. The SMILES string of the molecule is c1csc(-c2nc(NC3CCOC(C4CC4)C3)c3ccccc3n2)c1. The van der Waals surface area contributed by atoms with Crippen molar-refractivity contribution in [3.8, 4) is 10.7 Å². The van der Waals surface area contributed by atoms with Gasteiger partial charge in [0.1, 0.15) is 5.82 Å². The lowest BCUT2D eigenvalue weighted by atomic mass is 10.00. The number of hydrogen-bond donors (Lipinski definition) is 1. The van der Waals surface area contributed by atoms with E-state index in [0.717, 1.165) is 52.8 Å². The van der Waals surface area contributed by atoms with E-state index in [0.29, 0.717) is 12.1 Å². The van der Waals surface area contributed by atoms with Crippen LogP contribution >= 0.6 is 11.3 Å². The zero-order valence-corrected chi connectivity index (χ0v) is 14.8. The van der Waals surface area contributed by atoms with Gasteiger partial charge in [-0.3, -0.25) is 0 Å². The second-order valence-corrected chi connectivity index (χ2v) is 7.95. The van der Waals surface area contributed by atoms with Crippen LogP contribution in [0, 0.1) is 5.92 Å². The van der Waals surface area contributed by atoms with Crippen molar-refractivity contribution < 1.29 is 4.74 Å². The van der Waals surface area contributed by atoms with Gasteiger partial charge in [0, 0.05) is 18.0 Å². The molecule has 2 atom stereocenters. The van der Waals surface area contributed by atoms with Crippen molar-refractivity contribution in [3.63, 3.8) is 0 Å². The van der Waals surface area contributed by atoms with Gasteiger partial charge in [0.25, 0.3) is 0 Å². The van der Waals surface area contributed by atoms with Crippen molar-refractivity contribution in [2.24, 2.45) is 5.92 Å². The molecule has 3 aromatic rings. The molecule has 0 bridgehead atoms. The van der Waals surface area contributed by atoms with Crippen molar-refractivity contribution in [1.29, 1.82) is 0 Å². The van der Waals surface area contributed by atoms with Crippen LogP contribution in [0.25, 0.3) is 21.6 Å². The summed E-state index contributed by atoms with van der Waals surface area (Å²) in [4.78, 5) is 10.7. The molecule has 2 aromatic heterocycles. The summed E-state index contributed by atoms with van der Waals surface area (Å²) in [5, 5.41) is 6.88. The van der Waals surface area contributed by atoms with Gasteiger partial charge in [-0.05, 0) is 55.2 Å². The highest BCUT2D eigenvalue weighted by atomic mass is 32.1. The molecule has 2 aliphatic rings. The van der Waals surface area contributed by atoms with Crippen molar-refractivity contribution in [3.05, 3.63) is 41.8 Å². The number of hydrogen-bond acceptors (Lipinski definition) is 5. The Morgan fingerprint density at radius 2 is 1.96 bits per heavy atom. The number of rotatable bonds is 4. The maximum absolute atomic E-state index is 5.97. The fourth-order valence-corrected chi connectivity index (χ4v) is 4.31. The summed E-state index contributed by atoms with van der Waals surface area (Å²) in [6.07, 6.45) is 5.20. The quantitative estimate of drug-likeness (QED) is 0.738. The fraction of sp³-hybridized carbons (Fsp3) is 0.400. The average molecular weight is 351 g/mol. The van der Waals surface area contributed by atoms with Gasteiger partial charge in [0.15, 0.2) is 5.82 Å². The highest BCUT2D eigenvalue weighted by Gasteiger charge is 2.36. The number of anilines is 1. The first kappa shape index (κ1) is 15.3. The molecule has 1 aliphatic carbocycles. The van der Waals surface area contributed by atoms with Crippen LogP contribution in [-0.4, -0.2) is 28.7 Å². The van der Waals surface area contributed by atoms with Crippen LogP contribution in [0.1, 0.15) is 25.7 Å². The standard InChI is InChI=1S/C20H21N3OS/c1-2-5-16-15(4-1)19(23-20(22-16)18-6-3-11-25-18)21-14-9-10-24-17(12-14)13-7-8-13/h1-6,11,13-14,17H,7-10,12H2,(H,21,22,23). The van der Waals surface area contributed by atoms with Crippen LogP contribution in [-0.2, 0) is 4.74 Å². The van der Waals surface area contributed by atoms with Gasteiger partial charge in [0.2, 0.25) is 0 Å². The molecule has 1 saturated carbocycles. The Balaban J connectivity index is 1.48. The second kappa shape index (κ2) is 6.39. The van der Waals surface area contributed by atoms with Gasteiger partial charge in [-0.25, -0.2) is 9.97 Å². The van der Waals surface area contributed by atoms with E-state index >= 15 is 0 Å². The third kappa shape index (κ3) is 3.14. The molecule has 5 heteroatoms. The zero-order chi connectivity index (χ0) is 16.6. The minimum absolute atomic E-state index is 0.425. The molecule has 25 heavy (non-hydrogen) atoms. The van der Waals surface area contributed by atoms with Gasteiger partial charge in [0.05, 0.1) is 16.5 Å². The third-order valence-electron chi connectivity index (χ3n) is 5.15. The van der Waals surface area contributed by atoms with Crippen LogP contribution in [0.5, 0.6) is 0 Å². The highest BCUT2D eigenvalue weighted by molar-refractivity contribution is 7.13. The number of thiophene rings is 1. The number of nitrogens with zero attached hydrogens (tertiary/aromatic N) is 2. The van der Waals surface area contributed by atoms with Crippen LogP contribution < -0.4 is 5.32 Å². The predicted molar refractivity (Wildman–Crippen MR) is 102 cm³/mol.